The van der Waals surface area contributed by atoms with Crippen LogP contribution in [0.25, 0.3) is 0 Å². The SMILES string of the molecule is COC(=O)C(SCc1ccccc1)c1ccccc1Cl. The Kier molecular flexibility index (Phi) is 5.50. The lowest BCUT2D eigenvalue weighted by Crippen LogP contribution is -2.12. The summed E-state index contributed by atoms with van der Waals surface area (Å²) >= 11 is 7.70. The van der Waals surface area contributed by atoms with Crippen molar-refractivity contribution in [2.45, 2.75) is 11.0 Å². The number of halogens is 1. The molecule has 2 rings (SSSR count). The van der Waals surface area contributed by atoms with Crippen LogP contribution in [0.1, 0.15) is 16.4 Å². The Balaban J connectivity index is 2.17. The number of ether oxygens (including phenoxy) is 1. The summed E-state index contributed by atoms with van der Waals surface area (Å²) in [5.41, 5.74) is 1.96. The third kappa shape index (κ3) is 3.78. The normalized spacial score (nSPS) is 11.9. The van der Waals surface area contributed by atoms with Gasteiger partial charge in [-0.25, -0.2) is 0 Å². The maximum absolute atomic E-state index is 12.0. The molecule has 0 aliphatic rings. The van der Waals surface area contributed by atoms with Crippen LogP contribution in [0.2, 0.25) is 5.02 Å². The van der Waals surface area contributed by atoms with Crippen molar-refractivity contribution in [3.05, 3.63) is 70.7 Å². The molecule has 1 atom stereocenters. The van der Waals surface area contributed by atoms with Gasteiger partial charge in [-0.15, -0.1) is 11.8 Å². The van der Waals surface area contributed by atoms with Gasteiger partial charge in [-0.2, -0.15) is 0 Å². The van der Waals surface area contributed by atoms with Crippen molar-refractivity contribution in [3.63, 3.8) is 0 Å². The van der Waals surface area contributed by atoms with Crippen molar-refractivity contribution in [1.82, 2.24) is 0 Å². The average Bonchev–Trinajstić information content (AvgIpc) is 2.50. The van der Waals surface area contributed by atoms with Gasteiger partial charge in [0.25, 0.3) is 0 Å². The molecule has 4 heteroatoms. The molecule has 0 aliphatic heterocycles. The lowest BCUT2D eigenvalue weighted by Gasteiger charge is -2.16. The Morgan fingerprint density at radius 1 is 1.15 bits per heavy atom. The number of carbonyl (C=O) groups is 1. The van der Waals surface area contributed by atoms with Gasteiger partial charge in [0.05, 0.1) is 7.11 Å². The van der Waals surface area contributed by atoms with Crippen LogP contribution in [0.5, 0.6) is 0 Å². The highest BCUT2D eigenvalue weighted by Gasteiger charge is 2.24. The highest BCUT2D eigenvalue weighted by molar-refractivity contribution is 7.99. The monoisotopic (exact) mass is 306 g/mol. The van der Waals surface area contributed by atoms with E-state index in [0.29, 0.717) is 5.02 Å². The first kappa shape index (κ1) is 14.9. The van der Waals surface area contributed by atoms with E-state index in [1.807, 2.05) is 48.5 Å². The van der Waals surface area contributed by atoms with Gasteiger partial charge >= 0.3 is 5.97 Å². The second-order valence-electron chi connectivity index (χ2n) is 4.22. The van der Waals surface area contributed by atoms with Crippen molar-refractivity contribution in [3.8, 4) is 0 Å². The second-order valence-corrected chi connectivity index (χ2v) is 5.72. The van der Waals surface area contributed by atoms with Crippen LogP contribution in [0, 0.1) is 0 Å². The summed E-state index contributed by atoms with van der Waals surface area (Å²) in [6.07, 6.45) is 0. The maximum Gasteiger partial charge on any atom is 0.323 e. The molecule has 20 heavy (non-hydrogen) atoms. The Bertz CT molecular complexity index is 572. The molecule has 0 aromatic heterocycles. The first-order chi connectivity index (χ1) is 9.72. The van der Waals surface area contributed by atoms with Gasteiger partial charge in [0, 0.05) is 10.8 Å². The zero-order valence-corrected chi connectivity index (χ0v) is 12.7. The molecule has 0 fully saturated rings. The van der Waals surface area contributed by atoms with Crippen molar-refractivity contribution in [2.75, 3.05) is 7.11 Å². The summed E-state index contributed by atoms with van der Waals surface area (Å²) in [6, 6.07) is 17.4. The van der Waals surface area contributed by atoms with E-state index < -0.39 is 5.25 Å². The van der Waals surface area contributed by atoms with E-state index in [4.69, 9.17) is 16.3 Å². The molecule has 104 valence electrons. The fourth-order valence-corrected chi connectivity index (χ4v) is 3.31. The van der Waals surface area contributed by atoms with Gasteiger partial charge < -0.3 is 4.74 Å². The van der Waals surface area contributed by atoms with Gasteiger partial charge in [-0.05, 0) is 17.2 Å². The first-order valence-electron chi connectivity index (χ1n) is 6.20. The summed E-state index contributed by atoms with van der Waals surface area (Å²) in [4.78, 5) is 12.0. The number of methoxy groups -OCH3 is 1. The minimum absolute atomic E-state index is 0.279. The Morgan fingerprint density at radius 3 is 2.45 bits per heavy atom. The minimum atomic E-state index is -0.408. The van der Waals surface area contributed by atoms with Gasteiger partial charge in [0.15, 0.2) is 0 Å². The van der Waals surface area contributed by atoms with Gasteiger partial charge in [-0.1, -0.05) is 60.1 Å². The lowest BCUT2D eigenvalue weighted by atomic mass is 10.1. The number of benzene rings is 2. The highest BCUT2D eigenvalue weighted by Crippen LogP contribution is 2.36. The Hall–Kier alpha value is -1.45. The summed E-state index contributed by atoms with van der Waals surface area (Å²) < 4.78 is 4.89. The molecular formula is C16H15ClO2S. The van der Waals surface area contributed by atoms with E-state index in [2.05, 4.69) is 0 Å². The molecular weight excluding hydrogens is 292 g/mol. The van der Waals surface area contributed by atoms with Crippen molar-refractivity contribution in [1.29, 1.82) is 0 Å². The molecule has 0 bridgehead atoms. The molecule has 2 nitrogen and oxygen atoms in total. The molecule has 0 aliphatic carbocycles. The van der Waals surface area contributed by atoms with Crippen LogP contribution >= 0.6 is 23.4 Å². The van der Waals surface area contributed by atoms with Crippen LogP contribution in [-0.2, 0) is 15.3 Å². The molecule has 2 aromatic carbocycles. The van der Waals surface area contributed by atoms with E-state index in [1.165, 1.54) is 24.4 Å². The zero-order valence-electron chi connectivity index (χ0n) is 11.1. The van der Waals surface area contributed by atoms with E-state index in [0.717, 1.165) is 11.3 Å². The van der Waals surface area contributed by atoms with Crippen molar-refractivity contribution in [2.24, 2.45) is 0 Å². The molecule has 0 saturated heterocycles. The quantitative estimate of drug-likeness (QED) is 0.761. The van der Waals surface area contributed by atoms with Gasteiger partial charge in [0.1, 0.15) is 5.25 Å². The average molecular weight is 307 g/mol. The fourth-order valence-electron chi connectivity index (χ4n) is 1.83. The molecule has 0 N–H and O–H groups in total. The number of rotatable bonds is 5. The topological polar surface area (TPSA) is 26.3 Å². The summed E-state index contributed by atoms with van der Waals surface area (Å²) in [5.74, 6) is 0.449. The molecule has 0 amide bonds. The van der Waals surface area contributed by atoms with E-state index in [-0.39, 0.29) is 5.97 Å². The fraction of sp³-hybridized carbons (Fsp3) is 0.188. The van der Waals surface area contributed by atoms with Crippen LogP contribution in [0.3, 0.4) is 0 Å². The molecule has 0 heterocycles. The van der Waals surface area contributed by atoms with E-state index in [9.17, 15) is 4.79 Å². The third-order valence-corrected chi connectivity index (χ3v) is 4.49. The van der Waals surface area contributed by atoms with Gasteiger partial charge in [0.2, 0.25) is 0 Å². The van der Waals surface area contributed by atoms with E-state index in [1.54, 1.807) is 6.07 Å². The number of esters is 1. The van der Waals surface area contributed by atoms with E-state index >= 15 is 0 Å². The molecule has 0 saturated carbocycles. The molecule has 1 unspecified atom stereocenters. The number of hydrogen-bond donors (Lipinski definition) is 0. The van der Waals surface area contributed by atoms with Crippen LogP contribution < -0.4 is 0 Å². The standard InChI is InChI=1S/C16H15ClO2S/c1-19-16(18)15(13-9-5-6-10-14(13)17)20-11-12-7-3-2-4-8-12/h2-10,15H,11H2,1H3. The Morgan fingerprint density at radius 2 is 1.80 bits per heavy atom. The summed E-state index contributed by atoms with van der Waals surface area (Å²) in [5, 5.41) is 0.178. The summed E-state index contributed by atoms with van der Waals surface area (Å²) in [7, 11) is 1.40. The predicted molar refractivity (Wildman–Crippen MR) is 83.9 cm³/mol. The first-order valence-corrected chi connectivity index (χ1v) is 7.63. The number of carbonyl (C=O) groups excluding carboxylic acids is 1. The smallest absolute Gasteiger partial charge is 0.323 e. The minimum Gasteiger partial charge on any atom is -0.468 e. The van der Waals surface area contributed by atoms with Crippen molar-refractivity contribution >= 4 is 29.3 Å². The highest BCUT2D eigenvalue weighted by atomic mass is 35.5. The largest absolute Gasteiger partial charge is 0.468 e. The van der Waals surface area contributed by atoms with Crippen LogP contribution in [0.15, 0.2) is 54.6 Å². The van der Waals surface area contributed by atoms with Crippen LogP contribution in [0.4, 0.5) is 0 Å². The zero-order chi connectivity index (χ0) is 14.4. The molecule has 0 spiro atoms. The predicted octanol–water partition coefficient (Wildman–Crippen LogP) is 4.49. The van der Waals surface area contributed by atoms with Gasteiger partial charge in [-0.3, -0.25) is 4.79 Å². The maximum atomic E-state index is 12.0. The van der Waals surface area contributed by atoms with Crippen LogP contribution in [-0.4, -0.2) is 13.1 Å². The summed E-state index contributed by atoms with van der Waals surface area (Å²) in [6.45, 7) is 0. The number of hydrogen-bond acceptors (Lipinski definition) is 3. The number of thioether (sulfide) groups is 1. The second kappa shape index (κ2) is 7.36. The Labute approximate surface area is 128 Å². The molecule has 2 aromatic rings. The van der Waals surface area contributed by atoms with Crippen molar-refractivity contribution < 1.29 is 9.53 Å². The third-order valence-electron chi connectivity index (χ3n) is 2.86. The molecule has 0 radical (unpaired) electrons. The lowest BCUT2D eigenvalue weighted by molar-refractivity contribution is -0.140.